The lowest BCUT2D eigenvalue weighted by atomic mass is 10.0. The Morgan fingerprint density at radius 1 is 1.16 bits per heavy atom. The van der Waals surface area contributed by atoms with Crippen molar-refractivity contribution in [3.63, 3.8) is 0 Å². The van der Waals surface area contributed by atoms with Crippen molar-refractivity contribution in [1.29, 1.82) is 0 Å². The van der Waals surface area contributed by atoms with E-state index >= 15 is 0 Å². The molecule has 1 aromatic carbocycles. The first-order valence-corrected chi connectivity index (χ1v) is 6.26. The molecular formula is C13H16F4N2. The van der Waals surface area contributed by atoms with Gasteiger partial charge in [-0.3, -0.25) is 4.90 Å². The third kappa shape index (κ3) is 3.45. The third-order valence-electron chi connectivity index (χ3n) is 3.33. The minimum absolute atomic E-state index is 0.0159. The van der Waals surface area contributed by atoms with E-state index in [9.17, 15) is 17.6 Å². The van der Waals surface area contributed by atoms with Crippen LogP contribution in [0.5, 0.6) is 0 Å². The summed E-state index contributed by atoms with van der Waals surface area (Å²) in [6.45, 7) is 2.42. The topological polar surface area (TPSA) is 15.3 Å². The quantitative estimate of drug-likeness (QED) is 0.850. The Balaban J connectivity index is 2.27. The summed E-state index contributed by atoms with van der Waals surface area (Å²) in [4.78, 5) is 1.78. The van der Waals surface area contributed by atoms with Crippen LogP contribution >= 0.6 is 0 Å². The second-order valence-corrected chi connectivity index (χ2v) is 4.57. The van der Waals surface area contributed by atoms with Crippen molar-refractivity contribution in [2.24, 2.45) is 0 Å². The minimum Gasteiger partial charge on any atom is -0.314 e. The molecule has 0 unspecified atom stereocenters. The summed E-state index contributed by atoms with van der Waals surface area (Å²) in [5, 5.41) is 3.10. The molecule has 1 saturated heterocycles. The number of hydrogen-bond acceptors (Lipinski definition) is 2. The van der Waals surface area contributed by atoms with Crippen molar-refractivity contribution in [1.82, 2.24) is 10.2 Å². The first-order valence-electron chi connectivity index (χ1n) is 6.26. The van der Waals surface area contributed by atoms with E-state index in [-0.39, 0.29) is 5.56 Å². The van der Waals surface area contributed by atoms with Crippen LogP contribution in [0.25, 0.3) is 0 Å². The average Bonchev–Trinajstić information content (AvgIpc) is 2.40. The maximum Gasteiger partial charge on any atom is 0.240 e. The number of halogens is 4. The standard InChI is InChI=1S/C13H16F4N2/c14-10-3-1-2-9(13(10)17)11(8-12(15)16)19-6-4-18-5-7-19/h1-3,11-12,18H,4-8H2/t11-/m0/s1. The number of rotatable bonds is 4. The molecule has 0 amide bonds. The number of alkyl halides is 2. The van der Waals surface area contributed by atoms with Crippen LogP contribution in [0.3, 0.4) is 0 Å². The molecule has 0 spiro atoms. The van der Waals surface area contributed by atoms with Gasteiger partial charge in [0.2, 0.25) is 6.43 Å². The molecule has 1 fully saturated rings. The molecule has 0 bridgehead atoms. The molecular weight excluding hydrogens is 260 g/mol. The Labute approximate surface area is 109 Å². The van der Waals surface area contributed by atoms with E-state index < -0.39 is 30.5 Å². The highest BCUT2D eigenvalue weighted by Crippen LogP contribution is 2.30. The lowest BCUT2D eigenvalue weighted by Crippen LogP contribution is -2.45. The Bertz CT molecular complexity index is 419. The number of nitrogens with zero attached hydrogens (tertiary/aromatic N) is 1. The van der Waals surface area contributed by atoms with Gasteiger partial charge in [0.15, 0.2) is 11.6 Å². The van der Waals surface area contributed by atoms with Crippen molar-refractivity contribution in [3.8, 4) is 0 Å². The van der Waals surface area contributed by atoms with Crippen LogP contribution in [-0.2, 0) is 0 Å². The molecule has 1 aliphatic heterocycles. The minimum atomic E-state index is -2.55. The van der Waals surface area contributed by atoms with Crippen molar-refractivity contribution in [3.05, 3.63) is 35.4 Å². The summed E-state index contributed by atoms with van der Waals surface area (Å²) < 4.78 is 52.4. The largest absolute Gasteiger partial charge is 0.314 e. The summed E-state index contributed by atoms with van der Waals surface area (Å²) in [5.74, 6) is -2.02. The molecule has 1 aromatic rings. The molecule has 1 heterocycles. The maximum absolute atomic E-state index is 13.8. The average molecular weight is 276 g/mol. The molecule has 1 N–H and O–H groups in total. The lowest BCUT2D eigenvalue weighted by Gasteiger charge is -2.35. The Morgan fingerprint density at radius 3 is 2.47 bits per heavy atom. The first-order chi connectivity index (χ1) is 9.09. The van der Waals surface area contributed by atoms with E-state index in [1.54, 1.807) is 4.90 Å². The number of hydrogen-bond donors (Lipinski definition) is 1. The second-order valence-electron chi connectivity index (χ2n) is 4.57. The molecule has 19 heavy (non-hydrogen) atoms. The zero-order chi connectivity index (χ0) is 13.8. The molecule has 106 valence electrons. The second kappa shape index (κ2) is 6.34. The first kappa shape index (κ1) is 14.3. The van der Waals surface area contributed by atoms with Crippen LogP contribution in [0.4, 0.5) is 17.6 Å². The van der Waals surface area contributed by atoms with Crippen LogP contribution in [0.2, 0.25) is 0 Å². The zero-order valence-corrected chi connectivity index (χ0v) is 10.4. The zero-order valence-electron chi connectivity index (χ0n) is 10.4. The highest BCUT2D eigenvalue weighted by atomic mass is 19.3. The summed E-state index contributed by atoms with van der Waals surface area (Å²) >= 11 is 0. The third-order valence-corrected chi connectivity index (χ3v) is 3.33. The van der Waals surface area contributed by atoms with Gasteiger partial charge in [-0.2, -0.15) is 0 Å². The van der Waals surface area contributed by atoms with E-state index in [0.29, 0.717) is 26.2 Å². The fourth-order valence-corrected chi connectivity index (χ4v) is 2.41. The van der Waals surface area contributed by atoms with Crippen molar-refractivity contribution in [2.75, 3.05) is 26.2 Å². The summed E-state index contributed by atoms with van der Waals surface area (Å²) in [7, 11) is 0. The Hall–Kier alpha value is -1.14. The SMILES string of the molecule is Fc1cccc([C@H](CC(F)F)N2CCNCC2)c1F. The van der Waals surface area contributed by atoms with E-state index in [2.05, 4.69) is 5.32 Å². The van der Waals surface area contributed by atoms with E-state index in [1.165, 1.54) is 12.1 Å². The normalized spacial score (nSPS) is 18.8. The highest BCUT2D eigenvalue weighted by molar-refractivity contribution is 5.23. The maximum atomic E-state index is 13.8. The molecule has 0 saturated carbocycles. The van der Waals surface area contributed by atoms with Crippen LogP contribution in [0, 0.1) is 11.6 Å². The van der Waals surface area contributed by atoms with Gasteiger partial charge in [0.1, 0.15) is 0 Å². The van der Waals surface area contributed by atoms with Gasteiger partial charge in [0, 0.05) is 44.2 Å². The van der Waals surface area contributed by atoms with Crippen molar-refractivity contribution in [2.45, 2.75) is 18.9 Å². The van der Waals surface area contributed by atoms with Gasteiger partial charge < -0.3 is 5.32 Å². The Morgan fingerprint density at radius 2 is 1.84 bits per heavy atom. The molecule has 6 heteroatoms. The molecule has 2 rings (SSSR count). The lowest BCUT2D eigenvalue weighted by molar-refractivity contribution is 0.0722. The summed E-state index contributed by atoms with van der Waals surface area (Å²) in [6, 6.07) is 2.95. The number of piperazine rings is 1. The predicted molar refractivity (Wildman–Crippen MR) is 64.2 cm³/mol. The Kier molecular flexibility index (Phi) is 4.76. The molecule has 0 aliphatic carbocycles. The smallest absolute Gasteiger partial charge is 0.240 e. The fraction of sp³-hybridized carbons (Fsp3) is 0.538. The molecule has 1 atom stereocenters. The van der Waals surface area contributed by atoms with Gasteiger partial charge in [-0.1, -0.05) is 12.1 Å². The van der Waals surface area contributed by atoms with Crippen molar-refractivity contribution < 1.29 is 17.6 Å². The monoisotopic (exact) mass is 276 g/mol. The summed E-state index contributed by atoms with van der Waals surface area (Å²) in [5.41, 5.74) is 0.0159. The van der Waals surface area contributed by atoms with Crippen LogP contribution in [0.15, 0.2) is 18.2 Å². The van der Waals surface area contributed by atoms with Gasteiger partial charge in [0.25, 0.3) is 0 Å². The summed E-state index contributed by atoms with van der Waals surface area (Å²) in [6.07, 6.45) is -3.04. The van der Waals surface area contributed by atoms with Gasteiger partial charge in [0.05, 0.1) is 0 Å². The van der Waals surface area contributed by atoms with E-state index in [4.69, 9.17) is 0 Å². The number of nitrogens with one attached hydrogen (secondary N) is 1. The van der Waals surface area contributed by atoms with Crippen LogP contribution < -0.4 is 5.32 Å². The fourth-order valence-electron chi connectivity index (χ4n) is 2.41. The van der Waals surface area contributed by atoms with Crippen LogP contribution in [-0.4, -0.2) is 37.5 Å². The highest BCUT2D eigenvalue weighted by Gasteiger charge is 2.28. The van der Waals surface area contributed by atoms with E-state index in [0.717, 1.165) is 6.07 Å². The van der Waals surface area contributed by atoms with E-state index in [1.807, 2.05) is 0 Å². The van der Waals surface area contributed by atoms with Crippen LogP contribution in [0.1, 0.15) is 18.0 Å². The molecule has 2 nitrogen and oxygen atoms in total. The van der Waals surface area contributed by atoms with Gasteiger partial charge in [-0.25, -0.2) is 17.6 Å². The molecule has 0 aromatic heterocycles. The van der Waals surface area contributed by atoms with Gasteiger partial charge in [-0.05, 0) is 6.07 Å². The van der Waals surface area contributed by atoms with Gasteiger partial charge in [-0.15, -0.1) is 0 Å². The molecule has 1 aliphatic rings. The van der Waals surface area contributed by atoms with Crippen molar-refractivity contribution >= 4 is 0 Å². The van der Waals surface area contributed by atoms with Gasteiger partial charge >= 0.3 is 0 Å². The number of benzene rings is 1. The predicted octanol–water partition coefficient (Wildman–Crippen LogP) is 2.57. The molecule has 0 radical (unpaired) electrons.